The molecule has 0 atom stereocenters. The summed E-state index contributed by atoms with van der Waals surface area (Å²) in [6, 6.07) is 1.64. The Hall–Kier alpha value is -0.0100. The van der Waals surface area contributed by atoms with Crippen LogP contribution >= 0.6 is 31.9 Å². The van der Waals surface area contributed by atoms with E-state index in [1.165, 1.54) is 0 Å². The average molecular weight is 363 g/mol. The molecule has 2 rings (SSSR count). The lowest BCUT2D eigenvalue weighted by Crippen LogP contribution is -2.44. The zero-order chi connectivity index (χ0) is 12.0. The van der Waals surface area contributed by atoms with Gasteiger partial charge in [0.1, 0.15) is 11.3 Å². The van der Waals surface area contributed by atoms with Crippen molar-refractivity contribution in [3.63, 3.8) is 0 Å². The fraction of sp³-hybridized carbons (Fsp3) is 0.556. The van der Waals surface area contributed by atoms with Crippen LogP contribution < -0.4 is 5.32 Å². The van der Waals surface area contributed by atoms with Crippen molar-refractivity contribution in [2.75, 3.05) is 0 Å². The van der Waals surface area contributed by atoms with Crippen LogP contribution in [0.2, 0.25) is 0 Å². The standard InChI is InChI=1S/C9H8Br2F3NO/c10-6-3-5(16-7(6)11)4-15-8(1-2-8)9(12,13)14/h3,15H,1-2,4H2. The molecule has 0 bridgehead atoms. The van der Waals surface area contributed by atoms with Gasteiger partial charge in [-0.25, -0.2) is 0 Å². The van der Waals surface area contributed by atoms with E-state index in [1.54, 1.807) is 6.07 Å². The van der Waals surface area contributed by atoms with E-state index >= 15 is 0 Å². The van der Waals surface area contributed by atoms with Crippen molar-refractivity contribution in [1.29, 1.82) is 0 Å². The Kier molecular flexibility index (Phi) is 3.13. The zero-order valence-electron chi connectivity index (χ0n) is 8.00. The van der Waals surface area contributed by atoms with Gasteiger partial charge in [-0.1, -0.05) is 0 Å². The smallest absolute Gasteiger partial charge is 0.406 e. The highest BCUT2D eigenvalue weighted by Gasteiger charge is 2.63. The van der Waals surface area contributed by atoms with Crippen LogP contribution in [0.15, 0.2) is 19.6 Å². The van der Waals surface area contributed by atoms with Crippen LogP contribution in [-0.2, 0) is 6.54 Å². The molecule has 0 amide bonds. The molecule has 1 fully saturated rings. The molecule has 1 aliphatic carbocycles. The number of furan rings is 1. The van der Waals surface area contributed by atoms with Gasteiger partial charge in [-0.05, 0) is 50.8 Å². The number of nitrogens with one attached hydrogen (secondary N) is 1. The van der Waals surface area contributed by atoms with Gasteiger partial charge in [-0.2, -0.15) is 13.2 Å². The number of alkyl halides is 3. The second kappa shape index (κ2) is 4.03. The molecular formula is C9H8Br2F3NO. The Labute approximate surface area is 107 Å². The van der Waals surface area contributed by atoms with E-state index in [-0.39, 0.29) is 19.4 Å². The maximum absolute atomic E-state index is 12.6. The van der Waals surface area contributed by atoms with Crippen molar-refractivity contribution in [3.05, 3.63) is 21.0 Å². The first-order chi connectivity index (χ1) is 7.34. The lowest BCUT2D eigenvalue weighted by atomic mass is 10.2. The van der Waals surface area contributed by atoms with Gasteiger partial charge in [0.25, 0.3) is 0 Å². The van der Waals surface area contributed by atoms with E-state index in [2.05, 4.69) is 37.2 Å². The minimum Gasteiger partial charge on any atom is -0.452 e. The number of rotatable bonds is 3. The summed E-state index contributed by atoms with van der Waals surface area (Å²) in [6.45, 7) is 0.0731. The highest BCUT2D eigenvalue weighted by atomic mass is 79.9. The van der Waals surface area contributed by atoms with Gasteiger partial charge in [0.2, 0.25) is 0 Å². The molecule has 1 aromatic rings. The van der Waals surface area contributed by atoms with E-state index in [9.17, 15) is 13.2 Å². The van der Waals surface area contributed by atoms with Crippen LogP contribution in [0.1, 0.15) is 18.6 Å². The summed E-state index contributed by atoms with van der Waals surface area (Å²) in [7, 11) is 0. The van der Waals surface area contributed by atoms with E-state index in [4.69, 9.17) is 4.42 Å². The molecule has 0 radical (unpaired) electrons. The lowest BCUT2D eigenvalue weighted by molar-refractivity contribution is -0.166. The first-order valence-corrected chi connectivity index (χ1v) is 6.18. The average Bonchev–Trinajstić information content (AvgIpc) is 2.88. The van der Waals surface area contributed by atoms with Crippen LogP contribution in [-0.4, -0.2) is 11.7 Å². The monoisotopic (exact) mass is 361 g/mol. The summed E-state index contributed by atoms with van der Waals surface area (Å²) < 4.78 is 44.1. The van der Waals surface area contributed by atoms with Gasteiger partial charge >= 0.3 is 6.18 Å². The zero-order valence-corrected chi connectivity index (χ0v) is 11.2. The van der Waals surface area contributed by atoms with Gasteiger partial charge in [-0.3, -0.25) is 5.32 Å². The minimum absolute atomic E-state index is 0.0731. The molecule has 7 heteroatoms. The summed E-state index contributed by atoms with van der Waals surface area (Å²) >= 11 is 6.33. The molecule has 1 aliphatic rings. The molecular weight excluding hydrogens is 355 g/mol. The third-order valence-electron chi connectivity index (χ3n) is 2.59. The maximum atomic E-state index is 12.6. The Bertz CT molecular complexity index is 378. The number of hydrogen-bond acceptors (Lipinski definition) is 2. The van der Waals surface area contributed by atoms with Crippen molar-refractivity contribution in [2.45, 2.75) is 31.1 Å². The molecule has 0 saturated heterocycles. The van der Waals surface area contributed by atoms with Crippen molar-refractivity contribution >= 4 is 31.9 Å². The van der Waals surface area contributed by atoms with Crippen LogP contribution in [0.3, 0.4) is 0 Å². The Morgan fingerprint density at radius 1 is 1.38 bits per heavy atom. The summed E-state index contributed by atoms with van der Waals surface area (Å²) in [5.41, 5.74) is -1.70. The summed E-state index contributed by atoms with van der Waals surface area (Å²) in [6.07, 6.45) is -3.91. The van der Waals surface area contributed by atoms with Gasteiger partial charge in [-0.15, -0.1) is 0 Å². The number of hydrogen-bond donors (Lipinski definition) is 1. The van der Waals surface area contributed by atoms with Gasteiger partial charge in [0.15, 0.2) is 4.67 Å². The largest absolute Gasteiger partial charge is 0.452 e. The summed E-state index contributed by atoms with van der Waals surface area (Å²) in [5.74, 6) is 0.467. The fourth-order valence-corrected chi connectivity index (χ4v) is 2.08. The first kappa shape index (κ1) is 12.4. The Morgan fingerprint density at radius 3 is 2.38 bits per heavy atom. The summed E-state index contributed by atoms with van der Waals surface area (Å²) in [4.78, 5) is 0. The SMILES string of the molecule is FC(F)(F)C1(NCc2cc(Br)c(Br)o2)CC1. The molecule has 90 valence electrons. The van der Waals surface area contributed by atoms with Gasteiger partial charge in [0, 0.05) is 0 Å². The molecule has 1 aromatic heterocycles. The highest BCUT2D eigenvalue weighted by molar-refractivity contribution is 9.13. The van der Waals surface area contributed by atoms with Crippen molar-refractivity contribution < 1.29 is 17.6 Å². The minimum atomic E-state index is -4.19. The molecule has 0 spiro atoms. The third-order valence-corrected chi connectivity index (χ3v) is 4.30. The van der Waals surface area contributed by atoms with Crippen LogP contribution in [0.4, 0.5) is 13.2 Å². The predicted molar refractivity (Wildman–Crippen MR) is 59.0 cm³/mol. The van der Waals surface area contributed by atoms with E-state index in [0.717, 1.165) is 0 Å². The maximum Gasteiger partial charge on any atom is 0.406 e. The van der Waals surface area contributed by atoms with E-state index in [0.29, 0.717) is 14.9 Å². The second-order valence-electron chi connectivity index (χ2n) is 3.77. The quantitative estimate of drug-likeness (QED) is 0.879. The van der Waals surface area contributed by atoms with E-state index in [1.807, 2.05) is 0 Å². The highest BCUT2D eigenvalue weighted by Crippen LogP contribution is 2.49. The topological polar surface area (TPSA) is 25.2 Å². The first-order valence-electron chi connectivity index (χ1n) is 4.59. The van der Waals surface area contributed by atoms with Crippen molar-refractivity contribution in [1.82, 2.24) is 5.32 Å². The van der Waals surface area contributed by atoms with Gasteiger partial charge < -0.3 is 4.42 Å². The fourth-order valence-electron chi connectivity index (χ4n) is 1.42. The van der Waals surface area contributed by atoms with Crippen LogP contribution in [0.5, 0.6) is 0 Å². The normalized spacial score (nSPS) is 18.8. The molecule has 1 saturated carbocycles. The molecule has 16 heavy (non-hydrogen) atoms. The lowest BCUT2D eigenvalue weighted by Gasteiger charge is -2.19. The summed E-state index contributed by atoms with van der Waals surface area (Å²) in [5, 5.41) is 2.51. The molecule has 1 heterocycles. The molecule has 2 nitrogen and oxygen atoms in total. The van der Waals surface area contributed by atoms with E-state index < -0.39 is 11.7 Å². The third kappa shape index (κ3) is 2.31. The molecule has 0 aromatic carbocycles. The molecule has 0 unspecified atom stereocenters. The predicted octanol–water partition coefficient (Wildman–Crippen LogP) is 3.99. The second-order valence-corrected chi connectivity index (χ2v) is 5.34. The molecule has 1 N–H and O–H groups in total. The van der Waals surface area contributed by atoms with Crippen LogP contribution in [0, 0.1) is 0 Å². The number of halogens is 5. The molecule has 0 aliphatic heterocycles. The Morgan fingerprint density at radius 2 is 2.00 bits per heavy atom. The van der Waals surface area contributed by atoms with Crippen molar-refractivity contribution in [2.24, 2.45) is 0 Å². The van der Waals surface area contributed by atoms with Gasteiger partial charge in [0.05, 0.1) is 11.0 Å². The van der Waals surface area contributed by atoms with Crippen molar-refractivity contribution in [3.8, 4) is 0 Å². The van der Waals surface area contributed by atoms with Crippen LogP contribution in [0.25, 0.3) is 0 Å². The Balaban J connectivity index is 1.98.